The van der Waals surface area contributed by atoms with Crippen molar-refractivity contribution in [1.82, 2.24) is 29.9 Å². The van der Waals surface area contributed by atoms with Gasteiger partial charge in [-0.05, 0) is 37.8 Å². The molecule has 0 spiro atoms. The monoisotopic (exact) mass is 406 g/mol. The summed E-state index contributed by atoms with van der Waals surface area (Å²) in [6.07, 6.45) is 7.27. The lowest BCUT2D eigenvalue weighted by Crippen LogP contribution is -2.32. The van der Waals surface area contributed by atoms with Gasteiger partial charge in [-0.25, -0.2) is 0 Å². The van der Waals surface area contributed by atoms with Crippen LogP contribution < -0.4 is 0 Å². The molecule has 0 saturated carbocycles. The van der Waals surface area contributed by atoms with Crippen molar-refractivity contribution in [2.75, 3.05) is 6.54 Å². The first-order valence-corrected chi connectivity index (χ1v) is 10.9. The van der Waals surface area contributed by atoms with Crippen LogP contribution in [0.5, 0.6) is 0 Å². The summed E-state index contributed by atoms with van der Waals surface area (Å²) in [5.74, 6) is 3.13. The van der Waals surface area contributed by atoms with Gasteiger partial charge in [0.25, 0.3) is 0 Å². The van der Waals surface area contributed by atoms with Crippen LogP contribution in [0, 0.1) is 0 Å². The number of nitrogens with zero attached hydrogens (tertiary/aromatic N) is 6. The second kappa shape index (κ2) is 8.38. The van der Waals surface area contributed by atoms with Gasteiger partial charge in [-0.15, -0.1) is 20.4 Å². The van der Waals surface area contributed by atoms with Crippen molar-refractivity contribution in [2.24, 2.45) is 0 Å². The lowest BCUT2D eigenvalue weighted by molar-refractivity contribution is -0.132. The predicted molar refractivity (Wildman–Crippen MR) is 109 cm³/mol. The Morgan fingerprint density at radius 1 is 1.00 bits per heavy atom. The highest BCUT2D eigenvalue weighted by atomic mass is 16.4. The van der Waals surface area contributed by atoms with E-state index in [1.807, 2.05) is 35.2 Å². The summed E-state index contributed by atoms with van der Waals surface area (Å²) in [5.41, 5.74) is 0.884. The van der Waals surface area contributed by atoms with E-state index >= 15 is 0 Å². The summed E-state index contributed by atoms with van der Waals surface area (Å²) in [5, 5.41) is 17.1. The molecule has 30 heavy (non-hydrogen) atoms. The molecule has 1 fully saturated rings. The molecule has 1 atom stereocenters. The molecule has 156 valence electrons. The third kappa shape index (κ3) is 3.74. The standard InChI is InChI=1S/C22H26N6O2/c29-20(13-12-19-24-26-22(30-19)16-8-3-1-4-9-16)27-15-7-10-17(27)21-25-23-18-11-5-2-6-14-28(18)21/h1,3-4,8-9,17H,2,5-7,10-15H2. The fourth-order valence-corrected chi connectivity index (χ4v) is 4.50. The number of rotatable bonds is 5. The fraction of sp³-hybridized carbons (Fsp3) is 0.500. The van der Waals surface area contributed by atoms with Crippen LogP contribution in [-0.2, 0) is 24.2 Å². The number of likely N-dealkylation sites (tertiary alicyclic amines) is 1. The molecule has 1 unspecified atom stereocenters. The molecule has 3 aromatic rings. The Labute approximate surface area is 175 Å². The molecule has 0 N–H and O–H groups in total. The zero-order valence-electron chi connectivity index (χ0n) is 17.0. The number of amides is 1. The summed E-state index contributed by atoms with van der Waals surface area (Å²) in [6, 6.07) is 9.69. The Morgan fingerprint density at radius 3 is 2.80 bits per heavy atom. The fourth-order valence-electron chi connectivity index (χ4n) is 4.50. The first-order chi connectivity index (χ1) is 14.8. The molecule has 8 heteroatoms. The second-order valence-electron chi connectivity index (χ2n) is 8.05. The number of benzene rings is 1. The van der Waals surface area contributed by atoms with Crippen molar-refractivity contribution in [2.45, 2.75) is 64.0 Å². The van der Waals surface area contributed by atoms with Gasteiger partial charge in [-0.2, -0.15) is 0 Å². The van der Waals surface area contributed by atoms with E-state index in [9.17, 15) is 4.79 Å². The van der Waals surface area contributed by atoms with E-state index in [2.05, 4.69) is 25.0 Å². The van der Waals surface area contributed by atoms with E-state index in [1.165, 1.54) is 12.8 Å². The Hall–Kier alpha value is -3.03. The zero-order valence-corrected chi connectivity index (χ0v) is 17.0. The SMILES string of the molecule is O=C(CCc1nnc(-c2ccccc2)o1)N1CCCC1c1nnc2n1CCCCC2. The van der Waals surface area contributed by atoms with Crippen molar-refractivity contribution >= 4 is 5.91 Å². The number of hydrogen-bond donors (Lipinski definition) is 0. The molecule has 1 aromatic carbocycles. The largest absolute Gasteiger partial charge is 0.421 e. The minimum atomic E-state index is 0.0272. The maximum atomic E-state index is 13.0. The highest BCUT2D eigenvalue weighted by Gasteiger charge is 2.34. The van der Waals surface area contributed by atoms with Gasteiger partial charge in [0.05, 0.1) is 6.04 Å². The maximum absolute atomic E-state index is 13.0. The van der Waals surface area contributed by atoms with Gasteiger partial charge in [0.2, 0.25) is 17.7 Å². The summed E-state index contributed by atoms with van der Waals surface area (Å²) >= 11 is 0. The summed E-state index contributed by atoms with van der Waals surface area (Å²) < 4.78 is 8.01. The quantitative estimate of drug-likeness (QED) is 0.645. The van der Waals surface area contributed by atoms with Gasteiger partial charge in [-0.3, -0.25) is 4.79 Å². The number of carbonyl (C=O) groups excluding carboxylic acids is 1. The Bertz CT molecular complexity index is 1010. The zero-order chi connectivity index (χ0) is 20.3. The Balaban J connectivity index is 1.25. The molecule has 1 saturated heterocycles. The highest BCUT2D eigenvalue weighted by molar-refractivity contribution is 5.77. The van der Waals surface area contributed by atoms with Crippen LogP contribution in [0.4, 0.5) is 0 Å². The van der Waals surface area contributed by atoms with Crippen LogP contribution in [0.2, 0.25) is 0 Å². The van der Waals surface area contributed by atoms with E-state index in [-0.39, 0.29) is 11.9 Å². The van der Waals surface area contributed by atoms with E-state index in [1.54, 1.807) is 0 Å². The number of carbonyl (C=O) groups is 1. The number of fused-ring (bicyclic) bond motifs is 1. The lowest BCUT2D eigenvalue weighted by atomic mass is 10.2. The van der Waals surface area contributed by atoms with Crippen molar-refractivity contribution in [3.63, 3.8) is 0 Å². The Morgan fingerprint density at radius 2 is 1.90 bits per heavy atom. The minimum absolute atomic E-state index is 0.0272. The molecule has 2 aliphatic heterocycles. The summed E-state index contributed by atoms with van der Waals surface area (Å²) in [6.45, 7) is 1.73. The summed E-state index contributed by atoms with van der Waals surface area (Å²) in [4.78, 5) is 15.0. The Kier molecular flexibility index (Phi) is 5.29. The molecule has 2 aromatic heterocycles. The maximum Gasteiger partial charge on any atom is 0.247 e. The molecule has 0 bridgehead atoms. The number of aromatic nitrogens is 5. The molecule has 5 rings (SSSR count). The van der Waals surface area contributed by atoms with Crippen LogP contribution in [-0.4, -0.2) is 42.3 Å². The average molecular weight is 406 g/mol. The smallest absolute Gasteiger partial charge is 0.247 e. The molecule has 8 nitrogen and oxygen atoms in total. The molecule has 4 heterocycles. The third-order valence-electron chi connectivity index (χ3n) is 6.05. The van der Waals surface area contributed by atoms with Gasteiger partial charge >= 0.3 is 0 Å². The summed E-state index contributed by atoms with van der Waals surface area (Å²) in [7, 11) is 0. The molecule has 2 aliphatic rings. The molecule has 1 amide bonds. The normalized spacial score (nSPS) is 18.9. The number of hydrogen-bond acceptors (Lipinski definition) is 6. The molecular weight excluding hydrogens is 380 g/mol. The third-order valence-corrected chi connectivity index (χ3v) is 6.05. The topological polar surface area (TPSA) is 89.9 Å². The van der Waals surface area contributed by atoms with Crippen LogP contribution in [0.3, 0.4) is 0 Å². The van der Waals surface area contributed by atoms with Gasteiger partial charge in [0.1, 0.15) is 5.82 Å². The van der Waals surface area contributed by atoms with Crippen LogP contribution in [0.25, 0.3) is 11.5 Å². The number of aryl methyl sites for hydroxylation is 2. The van der Waals surface area contributed by atoms with E-state index in [0.29, 0.717) is 24.6 Å². The minimum Gasteiger partial charge on any atom is -0.421 e. The average Bonchev–Trinajstić information content (AvgIpc) is 3.50. The second-order valence-corrected chi connectivity index (χ2v) is 8.05. The van der Waals surface area contributed by atoms with Gasteiger partial charge in [0, 0.05) is 37.9 Å². The van der Waals surface area contributed by atoms with Gasteiger partial charge < -0.3 is 13.9 Å². The van der Waals surface area contributed by atoms with Crippen molar-refractivity contribution in [1.29, 1.82) is 0 Å². The molecule has 0 aliphatic carbocycles. The van der Waals surface area contributed by atoms with Crippen LogP contribution >= 0.6 is 0 Å². The van der Waals surface area contributed by atoms with Crippen molar-refractivity contribution in [3.05, 3.63) is 47.9 Å². The molecular formula is C22H26N6O2. The van der Waals surface area contributed by atoms with Crippen LogP contribution in [0.1, 0.15) is 62.1 Å². The first-order valence-electron chi connectivity index (χ1n) is 10.9. The van der Waals surface area contributed by atoms with Gasteiger partial charge in [-0.1, -0.05) is 24.6 Å². The van der Waals surface area contributed by atoms with Crippen molar-refractivity contribution in [3.8, 4) is 11.5 Å². The van der Waals surface area contributed by atoms with Gasteiger partial charge in [0.15, 0.2) is 5.82 Å². The molecule has 0 radical (unpaired) electrons. The van der Waals surface area contributed by atoms with E-state index < -0.39 is 0 Å². The van der Waals surface area contributed by atoms with Crippen LogP contribution in [0.15, 0.2) is 34.7 Å². The predicted octanol–water partition coefficient (Wildman–Crippen LogP) is 3.35. The van der Waals surface area contributed by atoms with E-state index in [0.717, 1.165) is 56.0 Å². The lowest BCUT2D eigenvalue weighted by Gasteiger charge is -2.24. The van der Waals surface area contributed by atoms with E-state index in [4.69, 9.17) is 4.42 Å². The first kappa shape index (κ1) is 19.0. The van der Waals surface area contributed by atoms with Crippen molar-refractivity contribution < 1.29 is 9.21 Å². The highest BCUT2D eigenvalue weighted by Crippen LogP contribution is 2.33.